The molecule has 0 bridgehead atoms. The van der Waals surface area contributed by atoms with Gasteiger partial charge in [-0.1, -0.05) is 0 Å². The minimum absolute atomic E-state index is 0.0118. The number of rotatable bonds is 7. The Balaban J connectivity index is 1.76. The fourth-order valence-corrected chi connectivity index (χ4v) is 1.75. The van der Waals surface area contributed by atoms with Crippen LogP contribution in [0.4, 0.5) is 20.4 Å². The summed E-state index contributed by atoms with van der Waals surface area (Å²) in [4.78, 5) is 15.2. The van der Waals surface area contributed by atoms with E-state index in [2.05, 4.69) is 20.9 Å². The Kier molecular flexibility index (Phi) is 4.70. The topological polar surface area (TPSA) is 66.0 Å². The zero-order valence-corrected chi connectivity index (χ0v) is 11.3. The van der Waals surface area contributed by atoms with Gasteiger partial charge in [-0.05, 0) is 19.3 Å². The highest BCUT2D eigenvalue weighted by molar-refractivity contribution is 5.76. The van der Waals surface area contributed by atoms with Crippen LogP contribution >= 0.6 is 0 Å². The Morgan fingerprint density at radius 3 is 2.70 bits per heavy atom. The summed E-state index contributed by atoms with van der Waals surface area (Å²) in [6, 6.07) is 1.13. The molecule has 5 nitrogen and oxygen atoms in total. The predicted octanol–water partition coefficient (Wildman–Crippen LogP) is 1.87. The van der Waals surface area contributed by atoms with Crippen LogP contribution in [0, 0.1) is 11.6 Å². The van der Waals surface area contributed by atoms with Crippen molar-refractivity contribution in [1.29, 1.82) is 0 Å². The molecular formula is C13H18F2N4O. The molecular weight excluding hydrogens is 266 g/mol. The fourth-order valence-electron chi connectivity index (χ4n) is 1.75. The van der Waals surface area contributed by atoms with Crippen LogP contribution in [0.5, 0.6) is 0 Å². The van der Waals surface area contributed by atoms with Gasteiger partial charge in [0.05, 0.1) is 0 Å². The Labute approximate surface area is 116 Å². The van der Waals surface area contributed by atoms with Crippen molar-refractivity contribution >= 4 is 17.5 Å². The summed E-state index contributed by atoms with van der Waals surface area (Å²) in [5.41, 5.74) is 0. The van der Waals surface area contributed by atoms with Crippen LogP contribution in [0.1, 0.15) is 25.7 Å². The number of aromatic nitrogens is 1. The Hall–Kier alpha value is -1.92. The van der Waals surface area contributed by atoms with E-state index < -0.39 is 11.6 Å². The first-order valence-electron chi connectivity index (χ1n) is 6.67. The molecule has 0 spiro atoms. The number of halogens is 2. The predicted molar refractivity (Wildman–Crippen MR) is 72.6 cm³/mol. The summed E-state index contributed by atoms with van der Waals surface area (Å²) < 4.78 is 26.7. The molecule has 0 saturated heterocycles. The Morgan fingerprint density at radius 1 is 1.35 bits per heavy atom. The van der Waals surface area contributed by atoms with E-state index in [1.54, 1.807) is 0 Å². The van der Waals surface area contributed by atoms with Crippen molar-refractivity contribution in [1.82, 2.24) is 10.3 Å². The molecule has 1 saturated carbocycles. The number of pyridine rings is 1. The second kappa shape index (κ2) is 6.49. The van der Waals surface area contributed by atoms with E-state index in [0.717, 1.165) is 18.9 Å². The second-order valence-electron chi connectivity index (χ2n) is 4.77. The maximum Gasteiger partial charge on any atom is 0.220 e. The van der Waals surface area contributed by atoms with Gasteiger partial charge in [0.1, 0.15) is 0 Å². The van der Waals surface area contributed by atoms with Crippen molar-refractivity contribution < 1.29 is 13.6 Å². The van der Waals surface area contributed by atoms with E-state index in [0.29, 0.717) is 25.4 Å². The van der Waals surface area contributed by atoms with Crippen molar-refractivity contribution in [3.63, 3.8) is 0 Å². The van der Waals surface area contributed by atoms with E-state index >= 15 is 0 Å². The molecule has 0 radical (unpaired) electrons. The lowest BCUT2D eigenvalue weighted by atomic mass is 10.3. The third kappa shape index (κ3) is 4.04. The summed E-state index contributed by atoms with van der Waals surface area (Å²) >= 11 is 0. The average Bonchev–Trinajstić information content (AvgIpc) is 3.20. The zero-order valence-electron chi connectivity index (χ0n) is 11.3. The first kappa shape index (κ1) is 14.5. The number of anilines is 2. The summed E-state index contributed by atoms with van der Waals surface area (Å²) in [7, 11) is 1.51. The lowest BCUT2D eigenvalue weighted by Crippen LogP contribution is -2.25. The monoisotopic (exact) mass is 284 g/mol. The van der Waals surface area contributed by atoms with Crippen molar-refractivity contribution in [2.75, 3.05) is 24.2 Å². The maximum absolute atomic E-state index is 13.5. The van der Waals surface area contributed by atoms with Gasteiger partial charge in [-0.2, -0.15) is 0 Å². The Morgan fingerprint density at radius 2 is 2.05 bits per heavy atom. The second-order valence-corrected chi connectivity index (χ2v) is 4.77. The van der Waals surface area contributed by atoms with Gasteiger partial charge in [-0.15, -0.1) is 0 Å². The van der Waals surface area contributed by atoms with Gasteiger partial charge in [0.2, 0.25) is 5.91 Å². The number of hydrogen-bond acceptors (Lipinski definition) is 4. The van der Waals surface area contributed by atoms with Crippen LogP contribution < -0.4 is 16.0 Å². The first-order valence-corrected chi connectivity index (χ1v) is 6.67. The smallest absolute Gasteiger partial charge is 0.220 e. The van der Waals surface area contributed by atoms with Gasteiger partial charge in [-0.25, -0.2) is 13.8 Å². The third-order valence-electron chi connectivity index (χ3n) is 2.98. The molecule has 1 aliphatic carbocycles. The van der Waals surface area contributed by atoms with Gasteiger partial charge in [-0.3, -0.25) is 4.79 Å². The summed E-state index contributed by atoms with van der Waals surface area (Å²) in [6.45, 7) is 0.400. The minimum atomic E-state index is -0.746. The molecule has 0 atom stereocenters. The highest BCUT2D eigenvalue weighted by Crippen LogP contribution is 2.19. The molecule has 3 N–H and O–H groups in total. The minimum Gasteiger partial charge on any atom is -0.371 e. The van der Waals surface area contributed by atoms with E-state index in [1.807, 2.05) is 0 Å². The zero-order chi connectivity index (χ0) is 14.5. The quantitative estimate of drug-likeness (QED) is 0.669. The summed E-state index contributed by atoms with van der Waals surface area (Å²) in [5.74, 6) is -1.50. The van der Waals surface area contributed by atoms with Crippen molar-refractivity contribution in [3.8, 4) is 0 Å². The van der Waals surface area contributed by atoms with E-state index in [4.69, 9.17) is 0 Å². The first-order chi connectivity index (χ1) is 9.60. The third-order valence-corrected chi connectivity index (χ3v) is 2.98. The largest absolute Gasteiger partial charge is 0.371 e. The summed E-state index contributed by atoms with van der Waals surface area (Å²) in [5, 5.41) is 8.18. The molecule has 0 aromatic carbocycles. The Bertz CT molecular complexity index is 492. The lowest BCUT2D eigenvalue weighted by molar-refractivity contribution is -0.121. The van der Waals surface area contributed by atoms with Gasteiger partial charge in [0, 0.05) is 32.1 Å². The van der Waals surface area contributed by atoms with Crippen LogP contribution in [-0.4, -0.2) is 30.5 Å². The number of amides is 1. The van der Waals surface area contributed by atoms with Crippen molar-refractivity contribution in [2.45, 2.75) is 31.7 Å². The number of nitrogens with zero attached hydrogens (tertiary/aromatic N) is 1. The van der Waals surface area contributed by atoms with Gasteiger partial charge in [0.25, 0.3) is 0 Å². The van der Waals surface area contributed by atoms with Gasteiger partial charge in [0.15, 0.2) is 23.3 Å². The van der Waals surface area contributed by atoms with Crippen molar-refractivity contribution in [2.24, 2.45) is 0 Å². The molecule has 1 fully saturated rings. The standard InChI is InChI=1S/C13H18F2N4O/c1-16-12-9(14)7-10(15)13(19-12)17-6-2-3-11(20)18-8-4-5-8/h7-8H,2-6H2,1H3,(H,18,20)(H2,16,17,19). The van der Waals surface area contributed by atoms with Crippen LogP contribution in [-0.2, 0) is 4.79 Å². The summed E-state index contributed by atoms with van der Waals surface area (Å²) in [6.07, 6.45) is 3.06. The van der Waals surface area contributed by atoms with Gasteiger partial charge < -0.3 is 16.0 Å². The number of carbonyl (C=O) groups excluding carboxylic acids is 1. The molecule has 0 unspecified atom stereocenters. The highest BCUT2D eigenvalue weighted by atomic mass is 19.1. The fraction of sp³-hybridized carbons (Fsp3) is 0.538. The molecule has 1 amide bonds. The van der Waals surface area contributed by atoms with E-state index in [1.165, 1.54) is 7.05 Å². The molecule has 1 aromatic rings. The molecule has 2 rings (SSSR count). The number of nitrogens with one attached hydrogen (secondary N) is 3. The molecule has 110 valence electrons. The van der Waals surface area contributed by atoms with Crippen molar-refractivity contribution in [3.05, 3.63) is 17.7 Å². The van der Waals surface area contributed by atoms with E-state index in [9.17, 15) is 13.6 Å². The molecule has 1 aliphatic rings. The number of carbonyl (C=O) groups is 1. The molecule has 0 aliphatic heterocycles. The molecule has 20 heavy (non-hydrogen) atoms. The average molecular weight is 284 g/mol. The molecule has 1 heterocycles. The normalized spacial score (nSPS) is 13.9. The van der Waals surface area contributed by atoms with Crippen LogP contribution in [0.25, 0.3) is 0 Å². The highest BCUT2D eigenvalue weighted by Gasteiger charge is 2.22. The van der Waals surface area contributed by atoms with E-state index in [-0.39, 0.29) is 17.5 Å². The molecule has 1 aromatic heterocycles. The number of hydrogen-bond donors (Lipinski definition) is 3. The van der Waals surface area contributed by atoms with Crippen LogP contribution in [0.15, 0.2) is 6.07 Å². The van der Waals surface area contributed by atoms with Crippen LogP contribution in [0.3, 0.4) is 0 Å². The van der Waals surface area contributed by atoms with Gasteiger partial charge >= 0.3 is 0 Å². The van der Waals surface area contributed by atoms with Crippen LogP contribution in [0.2, 0.25) is 0 Å². The molecule has 7 heteroatoms. The maximum atomic E-state index is 13.5. The SMILES string of the molecule is CNc1nc(NCCCC(=O)NC2CC2)c(F)cc1F. The lowest BCUT2D eigenvalue weighted by Gasteiger charge is -2.09.